The number of hydrogen-bond acceptors (Lipinski definition) is 4. The van der Waals surface area contributed by atoms with Crippen LogP contribution in [0, 0.1) is 0 Å². The van der Waals surface area contributed by atoms with Crippen molar-refractivity contribution >= 4 is 40.2 Å². The van der Waals surface area contributed by atoms with Gasteiger partial charge >= 0.3 is 0 Å². The molecular formula is C18H25BrClN3O3. The van der Waals surface area contributed by atoms with Crippen molar-refractivity contribution in [2.75, 3.05) is 26.2 Å². The number of nitrogens with one attached hydrogen (secondary N) is 1. The molecule has 2 heterocycles. The fourth-order valence-electron chi connectivity index (χ4n) is 3.38. The maximum atomic E-state index is 12.7. The van der Waals surface area contributed by atoms with E-state index in [1.807, 2.05) is 29.2 Å². The second kappa shape index (κ2) is 9.69. The van der Waals surface area contributed by atoms with Gasteiger partial charge in [-0.25, -0.2) is 0 Å². The van der Waals surface area contributed by atoms with Crippen molar-refractivity contribution in [2.45, 2.75) is 38.0 Å². The number of nitrogens with zero attached hydrogens (tertiary/aromatic N) is 2. The van der Waals surface area contributed by atoms with Crippen LogP contribution in [-0.4, -0.2) is 65.0 Å². The predicted molar refractivity (Wildman–Crippen MR) is 105 cm³/mol. The quantitative estimate of drug-likeness (QED) is 0.736. The number of piperazine rings is 1. The van der Waals surface area contributed by atoms with Crippen molar-refractivity contribution in [3.63, 3.8) is 0 Å². The molecule has 3 rings (SSSR count). The lowest BCUT2D eigenvalue weighted by Gasteiger charge is -2.35. The summed E-state index contributed by atoms with van der Waals surface area (Å²) in [5.74, 6) is -0.0290. The lowest BCUT2D eigenvalue weighted by Crippen LogP contribution is -2.56. The van der Waals surface area contributed by atoms with Gasteiger partial charge in [-0.2, -0.15) is 0 Å². The molecule has 1 aromatic carbocycles. The van der Waals surface area contributed by atoms with Crippen LogP contribution in [0.3, 0.4) is 0 Å². The number of rotatable bonds is 4. The van der Waals surface area contributed by atoms with Crippen molar-refractivity contribution in [1.29, 1.82) is 0 Å². The fraction of sp³-hybridized carbons (Fsp3) is 0.556. The Morgan fingerprint density at radius 1 is 1.27 bits per heavy atom. The van der Waals surface area contributed by atoms with E-state index in [4.69, 9.17) is 0 Å². The molecule has 1 atom stereocenters. The third-order valence-corrected chi connectivity index (χ3v) is 5.33. The van der Waals surface area contributed by atoms with Gasteiger partial charge in [-0.3, -0.25) is 9.59 Å². The van der Waals surface area contributed by atoms with Gasteiger partial charge in [-0.15, -0.1) is 12.4 Å². The molecule has 2 saturated heterocycles. The monoisotopic (exact) mass is 445 g/mol. The minimum Gasteiger partial charge on any atom is -0.393 e. The van der Waals surface area contributed by atoms with Crippen LogP contribution in [0.15, 0.2) is 28.7 Å². The van der Waals surface area contributed by atoms with Gasteiger partial charge in [0.15, 0.2) is 0 Å². The molecule has 1 unspecified atom stereocenters. The second-order valence-corrected chi connectivity index (χ2v) is 7.63. The van der Waals surface area contributed by atoms with E-state index < -0.39 is 6.04 Å². The minimum absolute atomic E-state index is 0. The Morgan fingerprint density at radius 3 is 2.69 bits per heavy atom. The molecule has 1 aromatic rings. The molecule has 2 fully saturated rings. The Labute approximate surface area is 168 Å². The number of likely N-dealkylation sites (tertiary alicyclic amines) is 1. The molecular weight excluding hydrogens is 422 g/mol. The average Bonchev–Trinajstić information content (AvgIpc) is 2.59. The molecule has 0 aromatic heterocycles. The van der Waals surface area contributed by atoms with E-state index in [1.54, 1.807) is 4.90 Å². The van der Waals surface area contributed by atoms with Gasteiger partial charge in [0.2, 0.25) is 11.8 Å². The zero-order chi connectivity index (χ0) is 17.8. The Morgan fingerprint density at radius 2 is 2.00 bits per heavy atom. The SMILES string of the molecule is Cl.O=C(CC1NCCN(Cc2cccc(Br)c2)C1=O)N1CCC(O)CC1. The third kappa shape index (κ3) is 5.42. The standard InChI is InChI=1S/C18H24BrN3O3.ClH/c19-14-3-1-2-13(10-14)12-22-9-6-20-16(18(22)25)11-17(24)21-7-4-15(23)5-8-21;/h1-3,10,15-16,20,23H,4-9,11-12H2;1H. The van der Waals surface area contributed by atoms with Crippen molar-refractivity contribution in [3.05, 3.63) is 34.3 Å². The summed E-state index contributed by atoms with van der Waals surface area (Å²) < 4.78 is 0.992. The van der Waals surface area contributed by atoms with Gasteiger partial charge in [-0.05, 0) is 30.5 Å². The molecule has 0 bridgehead atoms. The van der Waals surface area contributed by atoms with Gasteiger partial charge in [0.25, 0.3) is 0 Å². The van der Waals surface area contributed by atoms with Crippen LogP contribution in [0.1, 0.15) is 24.8 Å². The number of aliphatic hydroxyl groups excluding tert-OH is 1. The summed E-state index contributed by atoms with van der Waals surface area (Å²) in [4.78, 5) is 28.8. The number of carbonyl (C=O) groups is 2. The van der Waals surface area contributed by atoms with E-state index >= 15 is 0 Å². The van der Waals surface area contributed by atoms with Crippen molar-refractivity contribution in [1.82, 2.24) is 15.1 Å². The highest BCUT2D eigenvalue weighted by Crippen LogP contribution is 2.17. The summed E-state index contributed by atoms with van der Waals surface area (Å²) in [5, 5.41) is 12.7. The molecule has 0 aliphatic carbocycles. The molecule has 2 N–H and O–H groups in total. The Bertz CT molecular complexity index is 638. The number of carbonyl (C=O) groups excluding carboxylic acids is 2. The maximum Gasteiger partial charge on any atom is 0.240 e. The highest BCUT2D eigenvalue weighted by Gasteiger charge is 2.32. The minimum atomic E-state index is -0.458. The summed E-state index contributed by atoms with van der Waals surface area (Å²) in [6.07, 6.45) is 1.11. The van der Waals surface area contributed by atoms with Crippen LogP contribution in [-0.2, 0) is 16.1 Å². The van der Waals surface area contributed by atoms with Gasteiger partial charge in [-0.1, -0.05) is 28.1 Å². The summed E-state index contributed by atoms with van der Waals surface area (Å²) >= 11 is 3.45. The van der Waals surface area contributed by atoms with Crippen molar-refractivity contribution in [2.24, 2.45) is 0 Å². The van der Waals surface area contributed by atoms with Crippen LogP contribution >= 0.6 is 28.3 Å². The molecule has 6 nitrogen and oxygen atoms in total. The largest absolute Gasteiger partial charge is 0.393 e. The third-order valence-electron chi connectivity index (χ3n) is 4.84. The lowest BCUT2D eigenvalue weighted by atomic mass is 10.0. The van der Waals surface area contributed by atoms with Crippen molar-refractivity contribution < 1.29 is 14.7 Å². The highest BCUT2D eigenvalue weighted by molar-refractivity contribution is 9.10. The summed E-state index contributed by atoms with van der Waals surface area (Å²) in [6, 6.07) is 7.46. The van der Waals surface area contributed by atoms with E-state index in [9.17, 15) is 14.7 Å². The van der Waals surface area contributed by atoms with Crippen LogP contribution in [0.25, 0.3) is 0 Å². The molecule has 2 aliphatic rings. The zero-order valence-electron chi connectivity index (χ0n) is 14.6. The molecule has 2 amide bonds. The average molecular weight is 447 g/mol. The number of aliphatic hydroxyl groups is 1. The summed E-state index contributed by atoms with van der Waals surface area (Å²) in [7, 11) is 0. The second-order valence-electron chi connectivity index (χ2n) is 6.71. The zero-order valence-corrected chi connectivity index (χ0v) is 17.0. The number of piperidine rings is 1. The fourth-order valence-corrected chi connectivity index (χ4v) is 3.83. The van der Waals surface area contributed by atoms with E-state index in [-0.39, 0.29) is 36.7 Å². The van der Waals surface area contributed by atoms with Crippen LogP contribution in [0.2, 0.25) is 0 Å². The number of amides is 2. The predicted octanol–water partition coefficient (Wildman–Crippen LogP) is 1.54. The van der Waals surface area contributed by atoms with Crippen LogP contribution in [0.5, 0.6) is 0 Å². The number of benzene rings is 1. The van der Waals surface area contributed by atoms with Gasteiger partial charge in [0.1, 0.15) is 0 Å². The van der Waals surface area contributed by atoms with E-state index in [0.717, 1.165) is 10.0 Å². The highest BCUT2D eigenvalue weighted by atomic mass is 79.9. The topological polar surface area (TPSA) is 72.9 Å². The molecule has 8 heteroatoms. The first-order chi connectivity index (χ1) is 12.0. The van der Waals surface area contributed by atoms with Crippen LogP contribution in [0.4, 0.5) is 0 Å². The van der Waals surface area contributed by atoms with E-state index in [0.29, 0.717) is 45.6 Å². The smallest absolute Gasteiger partial charge is 0.240 e. The van der Waals surface area contributed by atoms with E-state index in [2.05, 4.69) is 21.2 Å². The number of halogens is 2. The Balaban J connectivity index is 0.00000243. The van der Waals surface area contributed by atoms with Crippen molar-refractivity contribution in [3.8, 4) is 0 Å². The normalized spacial score (nSPS) is 21.5. The summed E-state index contributed by atoms with van der Waals surface area (Å²) in [6.45, 7) is 3.04. The molecule has 144 valence electrons. The first kappa shape index (κ1) is 21.2. The molecule has 0 spiro atoms. The Hall–Kier alpha value is -1.15. The first-order valence-corrected chi connectivity index (χ1v) is 9.54. The maximum absolute atomic E-state index is 12.7. The lowest BCUT2D eigenvalue weighted by molar-refractivity contribution is -0.142. The van der Waals surface area contributed by atoms with E-state index in [1.165, 1.54) is 0 Å². The number of hydrogen-bond donors (Lipinski definition) is 2. The van der Waals surface area contributed by atoms with Gasteiger partial charge < -0.3 is 20.2 Å². The summed E-state index contributed by atoms with van der Waals surface area (Å²) in [5.41, 5.74) is 1.07. The molecule has 26 heavy (non-hydrogen) atoms. The van der Waals surface area contributed by atoms with Crippen LogP contribution < -0.4 is 5.32 Å². The molecule has 2 aliphatic heterocycles. The molecule has 0 saturated carbocycles. The molecule has 0 radical (unpaired) electrons. The van der Waals surface area contributed by atoms with Gasteiger partial charge in [0, 0.05) is 37.2 Å². The Kier molecular flexibility index (Phi) is 7.88. The van der Waals surface area contributed by atoms with Gasteiger partial charge in [0.05, 0.1) is 18.6 Å². The first-order valence-electron chi connectivity index (χ1n) is 8.75.